The van der Waals surface area contributed by atoms with Crippen molar-refractivity contribution in [2.75, 3.05) is 5.32 Å². The Morgan fingerprint density at radius 1 is 1.60 bits per heavy atom. The zero-order valence-electron chi connectivity index (χ0n) is 7.44. The Balaban J connectivity index is 2.80. The normalized spacial score (nSPS) is 10.5. The van der Waals surface area contributed by atoms with E-state index in [1.807, 2.05) is 0 Å². The van der Waals surface area contributed by atoms with Crippen LogP contribution in [0.15, 0.2) is 29.4 Å². The van der Waals surface area contributed by atoms with Gasteiger partial charge in [0.2, 0.25) is 5.71 Å². The topological polar surface area (TPSA) is 85.5 Å². The number of carbonyl (C=O) groups excluding carboxylic acids is 1. The average molecular weight is 224 g/mol. The Bertz CT molecular complexity index is 451. The monoisotopic (exact) mass is 223 g/mol. The Hall–Kier alpha value is -2.06. The van der Waals surface area contributed by atoms with E-state index in [0.717, 1.165) is 0 Å². The molecule has 1 aromatic carbocycles. The number of oxime groups is 1. The molecule has 0 bridgehead atoms. The Morgan fingerprint density at radius 2 is 2.33 bits per heavy atom. The fourth-order valence-corrected chi connectivity index (χ4v) is 1.07. The highest BCUT2D eigenvalue weighted by Gasteiger charge is 2.11. The molecule has 0 aliphatic rings. The number of carbonyl (C=O) groups is 1. The molecule has 76 valence electrons. The first-order valence-electron chi connectivity index (χ1n) is 3.86. The van der Waals surface area contributed by atoms with Gasteiger partial charge in [0.15, 0.2) is 0 Å². The van der Waals surface area contributed by atoms with Crippen LogP contribution in [-0.2, 0) is 4.79 Å². The van der Waals surface area contributed by atoms with Crippen molar-refractivity contribution in [1.82, 2.24) is 0 Å². The van der Waals surface area contributed by atoms with Gasteiger partial charge in [-0.05, 0) is 18.2 Å². The minimum absolute atomic E-state index is 0.420. The molecule has 0 aliphatic carbocycles. The van der Waals surface area contributed by atoms with Gasteiger partial charge in [-0.25, -0.2) is 0 Å². The van der Waals surface area contributed by atoms with Crippen molar-refractivity contribution in [2.24, 2.45) is 5.16 Å². The summed E-state index contributed by atoms with van der Waals surface area (Å²) >= 11 is 5.68. The molecular formula is C9H6ClN3O2. The van der Waals surface area contributed by atoms with E-state index in [9.17, 15) is 4.79 Å². The number of rotatable bonds is 2. The zero-order chi connectivity index (χ0) is 11.3. The summed E-state index contributed by atoms with van der Waals surface area (Å²) in [4.78, 5) is 11.2. The molecule has 2 N–H and O–H groups in total. The van der Waals surface area contributed by atoms with Gasteiger partial charge in [0.25, 0.3) is 5.91 Å². The highest BCUT2D eigenvalue weighted by Crippen LogP contribution is 2.14. The van der Waals surface area contributed by atoms with Crippen LogP contribution in [0.25, 0.3) is 0 Å². The van der Waals surface area contributed by atoms with Crippen molar-refractivity contribution in [2.45, 2.75) is 0 Å². The van der Waals surface area contributed by atoms with Gasteiger partial charge in [0.05, 0.1) is 0 Å². The minimum Gasteiger partial charge on any atom is -0.410 e. The molecule has 15 heavy (non-hydrogen) atoms. The summed E-state index contributed by atoms with van der Waals surface area (Å²) in [6, 6.07) is 7.82. The van der Waals surface area contributed by atoms with Crippen LogP contribution in [0.5, 0.6) is 0 Å². The van der Waals surface area contributed by atoms with Gasteiger partial charge in [0.1, 0.15) is 6.07 Å². The number of nitrogens with one attached hydrogen (secondary N) is 1. The summed E-state index contributed by atoms with van der Waals surface area (Å²) in [5.41, 5.74) is -0.195. The lowest BCUT2D eigenvalue weighted by Gasteiger charge is -2.02. The molecule has 0 saturated heterocycles. The van der Waals surface area contributed by atoms with E-state index in [4.69, 9.17) is 22.1 Å². The van der Waals surface area contributed by atoms with Crippen molar-refractivity contribution < 1.29 is 10.0 Å². The van der Waals surface area contributed by atoms with Crippen molar-refractivity contribution in [3.05, 3.63) is 29.3 Å². The first-order valence-corrected chi connectivity index (χ1v) is 4.24. The Kier molecular flexibility index (Phi) is 3.66. The maximum atomic E-state index is 11.2. The van der Waals surface area contributed by atoms with Crippen LogP contribution < -0.4 is 5.32 Å². The van der Waals surface area contributed by atoms with Crippen LogP contribution in [0.2, 0.25) is 5.02 Å². The number of halogens is 1. The van der Waals surface area contributed by atoms with Crippen molar-refractivity contribution in [1.29, 1.82) is 5.26 Å². The second kappa shape index (κ2) is 4.98. The molecule has 0 fully saturated rings. The van der Waals surface area contributed by atoms with Gasteiger partial charge in [0, 0.05) is 10.7 Å². The van der Waals surface area contributed by atoms with Gasteiger partial charge in [-0.2, -0.15) is 5.26 Å². The highest BCUT2D eigenvalue weighted by atomic mass is 35.5. The van der Waals surface area contributed by atoms with Crippen LogP contribution in [-0.4, -0.2) is 16.8 Å². The largest absolute Gasteiger partial charge is 0.410 e. The molecule has 5 nitrogen and oxygen atoms in total. The van der Waals surface area contributed by atoms with E-state index >= 15 is 0 Å². The molecule has 0 aromatic heterocycles. The molecule has 1 rings (SSSR count). The van der Waals surface area contributed by atoms with Gasteiger partial charge < -0.3 is 10.5 Å². The molecule has 6 heteroatoms. The molecule has 1 aromatic rings. The number of benzene rings is 1. The average Bonchev–Trinajstić information content (AvgIpc) is 2.19. The highest BCUT2D eigenvalue weighted by molar-refractivity contribution is 6.48. The van der Waals surface area contributed by atoms with Crippen molar-refractivity contribution in [3.8, 4) is 6.07 Å². The van der Waals surface area contributed by atoms with Gasteiger partial charge in [-0.1, -0.05) is 22.8 Å². The number of hydrogen-bond donors (Lipinski definition) is 2. The lowest BCUT2D eigenvalue weighted by molar-refractivity contribution is -0.110. The van der Waals surface area contributed by atoms with E-state index in [0.29, 0.717) is 10.7 Å². The van der Waals surface area contributed by atoms with Crippen molar-refractivity contribution in [3.63, 3.8) is 0 Å². The minimum atomic E-state index is -0.790. The summed E-state index contributed by atoms with van der Waals surface area (Å²) in [7, 11) is 0. The molecule has 0 unspecified atom stereocenters. The molecule has 0 heterocycles. The molecular weight excluding hydrogens is 218 g/mol. The van der Waals surface area contributed by atoms with Gasteiger partial charge in [-0.15, -0.1) is 0 Å². The van der Waals surface area contributed by atoms with Crippen molar-refractivity contribution >= 4 is 28.9 Å². The number of anilines is 1. The number of nitrogens with zero attached hydrogens (tertiary/aromatic N) is 2. The smallest absolute Gasteiger partial charge is 0.288 e. The molecule has 0 atom stereocenters. The SMILES string of the molecule is N#C/C(=N\O)C(=O)Nc1cccc(Cl)c1. The third kappa shape index (κ3) is 2.97. The fourth-order valence-electron chi connectivity index (χ4n) is 0.875. The van der Waals surface area contributed by atoms with Crippen LogP contribution in [0.1, 0.15) is 0 Å². The van der Waals surface area contributed by atoms with E-state index in [-0.39, 0.29) is 0 Å². The first kappa shape index (κ1) is 11.0. The maximum absolute atomic E-state index is 11.2. The quantitative estimate of drug-likeness (QED) is 0.454. The van der Waals surface area contributed by atoms with Gasteiger partial charge in [-0.3, -0.25) is 4.79 Å². The molecule has 0 aliphatic heterocycles. The van der Waals surface area contributed by atoms with E-state index < -0.39 is 11.6 Å². The molecule has 0 spiro atoms. The second-order valence-electron chi connectivity index (χ2n) is 2.52. The first-order chi connectivity index (χ1) is 7.17. The summed E-state index contributed by atoms with van der Waals surface area (Å²) in [5, 5.41) is 22.0. The van der Waals surface area contributed by atoms with Crippen LogP contribution >= 0.6 is 11.6 Å². The lowest BCUT2D eigenvalue weighted by atomic mass is 10.3. The van der Waals surface area contributed by atoms with E-state index in [1.54, 1.807) is 18.2 Å². The molecule has 0 saturated carbocycles. The number of amides is 1. The van der Waals surface area contributed by atoms with Crippen LogP contribution in [0, 0.1) is 11.3 Å². The maximum Gasteiger partial charge on any atom is 0.288 e. The Morgan fingerprint density at radius 3 is 2.87 bits per heavy atom. The summed E-state index contributed by atoms with van der Waals surface area (Å²) < 4.78 is 0. The van der Waals surface area contributed by atoms with E-state index in [2.05, 4.69) is 10.5 Å². The third-order valence-electron chi connectivity index (χ3n) is 1.50. The lowest BCUT2D eigenvalue weighted by Crippen LogP contribution is -2.21. The second-order valence-corrected chi connectivity index (χ2v) is 2.96. The predicted molar refractivity (Wildman–Crippen MR) is 54.9 cm³/mol. The van der Waals surface area contributed by atoms with Gasteiger partial charge >= 0.3 is 0 Å². The zero-order valence-corrected chi connectivity index (χ0v) is 8.19. The molecule has 1 amide bonds. The Labute approximate surface area is 90.6 Å². The third-order valence-corrected chi connectivity index (χ3v) is 1.74. The predicted octanol–water partition coefficient (Wildman–Crippen LogP) is 1.63. The number of hydrogen-bond acceptors (Lipinski definition) is 4. The summed E-state index contributed by atoms with van der Waals surface area (Å²) in [5.74, 6) is -0.790. The van der Waals surface area contributed by atoms with E-state index in [1.165, 1.54) is 12.1 Å². The number of nitriles is 1. The van der Waals surface area contributed by atoms with Crippen LogP contribution in [0.3, 0.4) is 0 Å². The molecule has 0 radical (unpaired) electrons. The standard InChI is InChI=1S/C9H6ClN3O2/c10-6-2-1-3-7(4-6)12-9(14)8(5-11)13-15/h1-4,15H,(H,12,14)/b13-8+. The summed E-state index contributed by atoms with van der Waals surface area (Å²) in [6.07, 6.45) is 0. The summed E-state index contributed by atoms with van der Waals surface area (Å²) in [6.45, 7) is 0. The fraction of sp³-hybridized carbons (Fsp3) is 0. The van der Waals surface area contributed by atoms with Crippen LogP contribution in [0.4, 0.5) is 5.69 Å².